The van der Waals surface area contributed by atoms with Crippen LogP contribution in [0.25, 0.3) is 0 Å². The molecule has 0 aromatic rings. The van der Waals surface area contributed by atoms with Crippen LogP contribution in [-0.4, -0.2) is 51.6 Å². The molecule has 0 heterocycles. The smallest absolute Gasteiger partial charge is 0.242 e. The Morgan fingerprint density at radius 3 is 2.62 bits per heavy atom. The molecule has 0 radical (unpaired) electrons. The lowest BCUT2D eigenvalue weighted by atomic mass is 9.43. The molecule has 0 amide bonds. The molecule has 0 bridgehead atoms. The van der Waals surface area contributed by atoms with Gasteiger partial charge in [-0.05, 0) is 61.3 Å². The van der Waals surface area contributed by atoms with Gasteiger partial charge in [0.15, 0.2) is 11.6 Å². The average molecular weight is 412 g/mol. The molecule has 0 saturated heterocycles. The zero-order valence-corrected chi connectivity index (χ0v) is 16.9. The number of fused-ring (bicyclic) bond motifs is 5. The van der Waals surface area contributed by atoms with Gasteiger partial charge in [0.1, 0.15) is 12.2 Å². The Bertz CT molecular complexity index is 766. The van der Waals surface area contributed by atoms with E-state index in [4.69, 9.17) is 0 Å². The highest BCUT2D eigenvalue weighted by Crippen LogP contribution is 2.69. The van der Waals surface area contributed by atoms with Gasteiger partial charge in [-0.3, -0.25) is 9.59 Å². The molecule has 0 aromatic heterocycles. The number of hydrogen-bond acceptors (Lipinski definition) is 5. The molecule has 0 aromatic carbocycles. The van der Waals surface area contributed by atoms with Crippen molar-refractivity contribution in [1.29, 1.82) is 0 Å². The van der Waals surface area contributed by atoms with Crippen LogP contribution in [0.1, 0.15) is 52.4 Å². The van der Waals surface area contributed by atoms with Crippen molar-refractivity contribution in [1.82, 2.24) is 0 Å². The highest BCUT2D eigenvalue weighted by atomic mass is 19.3. The SMILES string of the molecule is C[C@]12CCC(=O)C=C1C[C@@H](C(F)F)[C@@H]1[C@@H]2[C@@H](O)C[C@@]2(C)[C@H]1CC[C@]2(O)C(=O)CO. The van der Waals surface area contributed by atoms with Gasteiger partial charge in [-0.15, -0.1) is 0 Å². The van der Waals surface area contributed by atoms with Crippen LogP contribution in [0, 0.1) is 34.5 Å². The average Bonchev–Trinajstić information content (AvgIpc) is 2.92. The van der Waals surface area contributed by atoms with Crippen molar-refractivity contribution in [3.63, 3.8) is 0 Å². The topological polar surface area (TPSA) is 94.8 Å². The first-order valence-corrected chi connectivity index (χ1v) is 10.6. The number of carbonyl (C=O) groups is 2. The van der Waals surface area contributed by atoms with E-state index in [1.165, 1.54) is 6.08 Å². The normalized spacial score (nSPS) is 49.3. The van der Waals surface area contributed by atoms with Gasteiger partial charge in [0.2, 0.25) is 6.43 Å². The molecular weight excluding hydrogens is 382 g/mol. The Balaban J connectivity index is 1.83. The summed E-state index contributed by atoms with van der Waals surface area (Å²) >= 11 is 0. The maximum absolute atomic E-state index is 14.2. The molecule has 162 valence electrons. The third-order valence-corrected chi connectivity index (χ3v) is 9.08. The second-order valence-corrected chi connectivity index (χ2v) is 10.1. The lowest BCUT2D eigenvalue weighted by Crippen LogP contribution is -2.64. The Labute approximate surface area is 169 Å². The van der Waals surface area contributed by atoms with Crippen LogP contribution in [0.3, 0.4) is 0 Å². The van der Waals surface area contributed by atoms with E-state index in [1.54, 1.807) is 6.92 Å². The number of aliphatic hydroxyl groups excluding tert-OH is 2. The summed E-state index contributed by atoms with van der Waals surface area (Å²) in [5, 5.41) is 31.8. The molecule has 0 unspecified atom stereocenters. The zero-order chi connectivity index (χ0) is 21.4. The summed E-state index contributed by atoms with van der Waals surface area (Å²) in [5.41, 5.74) is -2.71. The molecule has 5 nitrogen and oxygen atoms in total. The summed E-state index contributed by atoms with van der Waals surface area (Å²) < 4.78 is 28.5. The van der Waals surface area contributed by atoms with Gasteiger partial charge in [0.25, 0.3) is 0 Å². The summed E-state index contributed by atoms with van der Waals surface area (Å²) in [6, 6.07) is 0. The van der Waals surface area contributed by atoms with E-state index in [-0.39, 0.29) is 31.0 Å². The number of Topliss-reactive ketones (excluding diaryl/α,β-unsaturated/α-hetero) is 1. The number of ketones is 2. The summed E-state index contributed by atoms with van der Waals surface area (Å²) in [6.07, 6.45) is -0.487. The minimum Gasteiger partial charge on any atom is -0.393 e. The van der Waals surface area contributed by atoms with Gasteiger partial charge < -0.3 is 15.3 Å². The van der Waals surface area contributed by atoms with Crippen molar-refractivity contribution in [2.45, 2.75) is 70.5 Å². The Kier molecular flexibility index (Phi) is 4.84. The monoisotopic (exact) mass is 412 g/mol. The lowest BCUT2D eigenvalue weighted by molar-refractivity contribution is -0.198. The number of rotatable bonds is 3. The standard InChI is InChI=1S/C22H30F2O5/c1-20-5-3-12(26)7-11(20)8-13(19(23)24)17-14-4-6-22(29,16(28)10-25)21(14,2)9-15(27)18(17)20/h7,13-15,17-19,25,27,29H,3-6,8-10H2,1-2H3/t13-,14+,15+,17+,18+,20+,21+,22+/m1/s1. The molecule has 3 N–H and O–H groups in total. The summed E-state index contributed by atoms with van der Waals surface area (Å²) in [5.74, 6) is -3.14. The molecule has 0 aliphatic heterocycles. The van der Waals surface area contributed by atoms with Crippen molar-refractivity contribution in [2.24, 2.45) is 34.5 Å². The fourth-order valence-electron chi connectivity index (χ4n) is 7.58. The van der Waals surface area contributed by atoms with E-state index >= 15 is 0 Å². The third kappa shape index (κ3) is 2.66. The second kappa shape index (κ2) is 6.66. The van der Waals surface area contributed by atoms with E-state index in [0.717, 1.165) is 0 Å². The van der Waals surface area contributed by atoms with E-state index in [2.05, 4.69) is 0 Å². The molecule has 3 saturated carbocycles. The molecule has 4 aliphatic rings. The van der Waals surface area contributed by atoms with Crippen LogP contribution in [0.5, 0.6) is 0 Å². The highest BCUT2D eigenvalue weighted by molar-refractivity contribution is 5.92. The molecule has 4 aliphatic carbocycles. The van der Waals surface area contributed by atoms with Gasteiger partial charge in [-0.1, -0.05) is 19.4 Å². The van der Waals surface area contributed by atoms with Gasteiger partial charge in [-0.25, -0.2) is 8.78 Å². The summed E-state index contributed by atoms with van der Waals surface area (Å²) in [4.78, 5) is 24.4. The number of aliphatic hydroxyl groups is 3. The van der Waals surface area contributed by atoms with E-state index in [9.17, 15) is 33.7 Å². The minimum absolute atomic E-state index is 0.0529. The molecule has 3 fully saturated rings. The molecule has 4 rings (SSSR count). The van der Waals surface area contributed by atoms with Crippen molar-refractivity contribution < 1.29 is 33.7 Å². The number of carbonyl (C=O) groups excluding carboxylic acids is 2. The molecule has 29 heavy (non-hydrogen) atoms. The maximum atomic E-state index is 14.2. The first-order chi connectivity index (χ1) is 13.5. The van der Waals surface area contributed by atoms with Crippen molar-refractivity contribution >= 4 is 11.6 Å². The second-order valence-electron chi connectivity index (χ2n) is 10.1. The van der Waals surface area contributed by atoms with Crippen LogP contribution in [0.4, 0.5) is 8.78 Å². The van der Waals surface area contributed by atoms with Crippen LogP contribution >= 0.6 is 0 Å². The lowest BCUT2D eigenvalue weighted by Gasteiger charge is -2.62. The summed E-state index contributed by atoms with van der Waals surface area (Å²) in [7, 11) is 0. The van der Waals surface area contributed by atoms with Crippen LogP contribution in [0.15, 0.2) is 11.6 Å². The fourth-order valence-corrected chi connectivity index (χ4v) is 7.58. The molecular formula is C22H30F2O5. The van der Waals surface area contributed by atoms with Crippen molar-refractivity contribution in [3.8, 4) is 0 Å². The summed E-state index contributed by atoms with van der Waals surface area (Å²) in [6.45, 7) is 2.86. The van der Waals surface area contributed by atoms with Crippen LogP contribution < -0.4 is 0 Å². The zero-order valence-electron chi connectivity index (χ0n) is 16.9. The fraction of sp³-hybridized carbons (Fsp3) is 0.818. The molecule has 7 heteroatoms. The Morgan fingerprint density at radius 1 is 1.31 bits per heavy atom. The highest BCUT2D eigenvalue weighted by Gasteiger charge is 2.70. The number of hydrogen-bond donors (Lipinski definition) is 3. The third-order valence-electron chi connectivity index (χ3n) is 9.08. The van der Waals surface area contributed by atoms with Crippen LogP contribution in [0.2, 0.25) is 0 Å². The van der Waals surface area contributed by atoms with Crippen molar-refractivity contribution in [2.75, 3.05) is 6.61 Å². The van der Waals surface area contributed by atoms with Crippen molar-refractivity contribution in [3.05, 3.63) is 11.6 Å². The first-order valence-electron chi connectivity index (χ1n) is 10.6. The largest absolute Gasteiger partial charge is 0.393 e. The number of alkyl halides is 2. The predicted molar refractivity (Wildman–Crippen MR) is 100 cm³/mol. The van der Waals surface area contributed by atoms with Gasteiger partial charge in [0.05, 0.1) is 6.10 Å². The van der Waals surface area contributed by atoms with Gasteiger partial charge >= 0.3 is 0 Å². The molecule has 8 atom stereocenters. The number of allylic oxidation sites excluding steroid dienone is 1. The predicted octanol–water partition coefficient (Wildman–Crippen LogP) is 2.27. The number of halogens is 2. The van der Waals surface area contributed by atoms with E-state index in [0.29, 0.717) is 24.8 Å². The first kappa shape index (κ1) is 21.1. The molecule has 0 spiro atoms. The minimum atomic E-state index is -2.62. The van der Waals surface area contributed by atoms with Gasteiger partial charge in [0, 0.05) is 17.8 Å². The Hall–Kier alpha value is -1.18. The van der Waals surface area contributed by atoms with Crippen LogP contribution in [-0.2, 0) is 9.59 Å². The quantitative estimate of drug-likeness (QED) is 0.661. The van der Waals surface area contributed by atoms with E-state index in [1.807, 2.05) is 6.92 Å². The maximum Gasteiger partial charge on any atom is 0.242 e. The van der Waals surface area contributed by atoms with E-state index < -0.39 is 59.1 Å². The van der Waals surface area contributed by atoms with Gasteiger partial charge in [-0.2, -0.15) is 0 Å². The Morgan fingerprint density at radius 2 is 2.00 bits per heavy atom.